The van der Waals surface area contributed by atoms with Gasteiger partial charge >= 0.3 is 6.18 Å². The van der Waals surface area contributed by atoms with E-state index in [1.165, 1.54) is 12.1 Å². The number of hydrogen-bond donors (Lipinski definition) is 2. The van der Waals surface area contributed by atoms with Crippen LogP contribution in [0.2, 0.25) is 0 Å². The van der Waals surface area contributed by atoms with Gasteiger partial charge in [-0.1, -0.05) is 47.5 Å². The highest BCUT2D eigenvalue weighted by Crippen LogP contribution is 2.39. The van der Waals surface area contributed by atoms with Crippen molar-refractivity contribution in [2.24, 2.45) is 0 Å². The predicted molar refractivity (Wildman–Crippen MR) is 143 cm³/mol. The van der Waals surface area contributed by atoms with Crippen LogP contribution in [0.3, 0.4) is 0 Å². The first kappa shape index (κ1) is 25.1. The number of nitrogen functional groups attached to an aromatic ring is 1. The number of nitrogens with zero attached hydrogens (tertiary/aromatic N) is 1. The lowest BCUT2D eigenvalue weighted by Gasteiger charge is -2.17. The Morgan fingerprint density at radius 3 is 2.29 bits per heavy atom. The summed E-state index contributed by atoms with van der Waals surface area (Å²) in [5, 5.41) is 2.60. The Labute approximate surface area is 217 Å². The van der Waals surface area contributed by atoms with Gasteiger partial charge < -0.3 is 15.5 Å². The quantitative estimate of drug-likeness (QED) is 0.238. The number of fused-ring (bicyclic) bond motifs is 1. The number of rotatable bonds is 4. The fourth-order valence-electron chi connectivity index (χ4n) is 4.53. The fourth-order valence-corrected chi connectivity index (χ4v) is 4.53. The van der Waals surface area contributed by atoms with Gasteiger partial charge in [0.05, 0.1) is 22.5 Å². The molecule has 0 spiro atoms. The van der Waals surface area contributed by atoms with E-state index in [1.807, 2.05) is 57.2 Å². The summed E-state index contributed by atoms with van der Waals surface area (Å²) < 4.78 is 46.7. The molecule has 0 saturated carbocycles. The van der Waals surface area contributed by atoms with E-state index in [0.29, 0.717) is 28.1 Å². The molecule has 3 N–H and O–H groups in total. The highest BCUT2D eigenvalue weighted by molar-refractivity contribution is 6.08. The fraction of sp³-hybridized carbons (Fsp3) is 0.133. The Kier molecular flexibility index (Phi) is 6.18. The largest absolute Gasteiger partial charge is 0.436 e. The van der Waals surface area contributed by atoms with Gasteiger partial charge in [-0.3, -0.25) is 4.79 Å². The van der Waals surface area contributed by atoms with E-state index in [9.17, 15) is 18.0 Å². The van der Waals surface area contributed by atoms with Gasteiger partial charge in [-0.25, -0.2) is 4.98 Å². The van der Waals surface area contributed by atoms with Gasteiger partial charge in [-0.2, -0.15) is 13.2 Å². The van der Waals surface area contributed by atoms with Gasteiger partial charge in [0.25, 0.3) is 5.91 Å². The smallest absolute Gasteiger partial charge is 0.417 e. The zero-order valence-corrected chi connectivity index (χ0v) is 20.9. The second-order valence-electron chi connectivity index (χ2n) is 9.35. The van der Waals surface area contributed by atoms with E-state index in [4.69, 9.17) is 10.2 Å². The molecular weight excluding hydrogens is 491 g/mol. The van der Waals surface area contributed by atoms with Crippen LogP contribution in [0.15, 0.2) is 77.2 Å². The number of anilines is 2. The molecule has 1 heterocycles. The Balaban J connectivity index is 1.67. The first-order valence-electron chi connectivity index (χ1n) is 11.9. The average molecular weight is 516 g/mol. The van der Waals surface area contributed by atoms with Crippen LogP contribution in [-0.4, -0.2) is 10.9 Å². The van der Waals surface area contributed by atoms with E-state index in [0.717, 1.165) is 34.4 Å². The van der Waals surface area contributed by atoms with Crippen LogP contribution in [0, 0.1) is 20.8 Å². The molecule has 0 saturated heterocycles. The van der Waals surface area contributed by atoms with Crippen molar-refractivity contribution in [1.82, 2.24) is 4.98 Å². The number of nitrogens with one attached hydrogen (secondary N) is 1. The lowest BCUT2D eigenvalue weighted by Crippen LogP contribution is -2.19. The van der Waals surface area contributed by atoms with Crippen LogP contribution in [0.5, 0.6) is 0 Å². The normalized spacial score (nSPS) is 11.6. The third-order valence-corrected chi connectivity index (χ3v) is 6.23. The lowest BCUT2D eigenvalue weighted by molar-refractivity contribution is -0.137. The number of hydrogen-bond acceptors (Lipinski definition) is 4. The maximum Gasteiger partial charge on any atom is 0.417 e. The van der Waals surface area contributed by atoms with Gasteiger partial charge in [-0.05, 0) is 68.3 Å². The minimum atomic E-state index is -4.69. The summed E-state index contributed by atoms with van der Waals surface area (Å²) in [5.74, 6) is -0.635. The molecule has 0 fully saturated rings. The number of halogens is 3. The van der Waals surface area contributed by atoms with Gasteiger partial charge in [0.15, 0.2) is 5.58 Å². The van der Waals surface area contributed by atoms with Crippen molar-refractivity contribution in [3.63, 3.8) is 0 Å². The SMILES string of the molecule is Cc1cc(C)cc(-c2cc(-c3nc4cc(C)ccc4o3)cc(NC(=O)c3ccccc3C(F)(F)F)c2N)c1. The molecule has 38 heavy (non-hydrogen) atoms. The number of amides is 1. The highest BCUT2D eigenvalue weighted by Gasteiger charge is 2.35. The van der Waals surface area contributed by atoms with E-state index in [2.05, 4.69) is 10.3 Å². The molecule has 0 bridgehead atoms. The summed E-state index contributed by atoms with van der Waals surface area (Å²) in [5.41, 5.74) is 11.5. The van der Waals surface area contributed by atoms with Gasteiger partial charge in [-0.15, -0.1) is 0 Å². The van der Waals surface area contributed by atoms with Gasteiger partial charge in [0, 0.05) is 11.1 Å². The Bertz CT molecular complexity index is 1680. The van der Waals surface area contributed by atoms with Crippen molar-refractivity contribution >= 4 is 28.4 Å². The number of carbonyl (C=O) groups excluding carboxylic acids is 1. The molecular formula is C30H24F3N3O2. The number of aryl methyl sites for hydroxylation is 3. The third kappa shape index (κ3) is 4.85. The number of oxazole rings is 1. The van der Waals surface area contributed by atoms with Crippen LogP contribution in [0.1, 0.15) is 32.6 Å². The van der Waals surface area contributed by atoms with Crippen molar-refractivity contribution in [3.05, 3.63) is 101 Å². The summed E-state index contributed by atoms with van der Waals surface area (Å²) in [6, 6.07) is 19.5. The van der Waals surface area contributed by atoms with Crippen LogP contribution in [-0.2, 0) is 6.18 Å². The van der Waals surface area contributed by atoms with Gasteiger partial charge in [0.2, 0.25) is 5.89 Å². The standard InChI is InChI=1S/C30H24F3N3O2/c1-16-8-9-26-24(13-16)36-29(38-26)20-14-22(19-11-17(2)10-18(3)12-19)27(34)25(15-20)35-28(37)21-6-4-5-7-23(21)30(31,32)33/h4-15H,34H2,1-3H3,(H,35,37). The summed E-state index contributed by atoms with van der Waals surface area (Å²) >= 11 is 0. The molecule has 5 rings (SSSR count). The maximum atomic E-state index is 13.6. The van der Waals surface area contributed by atoms with Crippen molar-refractivity contribution in [1.29, 1.82) is 0 Å². The molecule has 5 aromatic rings. The van der Waals surface area contributed by atoms with Gasteiger partial charge in [0.1, 0.15) is 5.52 Å². The van der Waals surface area contributed by atoms with Crippen molar-refractivity contribution in [2.75, 3.05) is 11.1 Å². The minimum absolute atomic E-state index is 0.150. The molecule has 5 nitrogen and oxygen atoms in total. The maximum absolute atomic E-state index is 13.6. The summed E-state index contributed by atoms with van der Waals surface area (Å²) in [6.07, 6.45) is -4.69. The van der Waals surface area contributed by atoms with E-state index >= 15 is 0 Å². The molecule has 0 atom stereocenters. The molecule has 0 radical (unpaired) electrons. The summed E-state index contributed by atoms with van der Waals surface area (Å²) in [6.45, 7) is 5.86. The first-order valence-corrected chi connectivity index (χ1v) is 11.9. The van der Waals surface area contributed by atoms with Crippen LogP contribution < -0.4 is 11.1 Å². The van der Waals surface area contributed by atoms with Crippen LogP contribution in [0.4, 0.5) is 24.5 Å². The van der Waals surface area contributed by atoms with E-state index in [1.54, 1.807) is 12.1 Å². The summed E-state index contributed by atoms with van der Waals surface area (Å²) in [4.78, 5) is 17.7. The number of alkyl halides is 3. The lowest BCUT2D eigenvalue weighted by atomic mass is 9.96. The molecule has 0 aliphatic carbocycles. The number of benzene rings is 4. The van der Waals surface area contributed by atoms with E-state index < -0.39 is 23.2 Å². The molecule has 0 unspecified atom stereocenters. The van der Waals surface area contributed by atoms with Crippen LogP contribution in [0.25, 0.3) is 33.7 Å². The van der Waals surface area contributed by atoms with E-state index in [-0.39, 0.29) is 11.4 Å². The summed E-state index contributed by atoms with van der Waals surface area (Å²) in [7, 11) is 0. The second-order valence-corrected chi connectivity index (χ2v) is 9.35. The molecule has 192 valence electrons. The Hall–Kier alpha value is -4.59. The van der Waals surface area contributed by atoms with Crippen molar-refractivity contribution in [3.8, 4) is 22.6 Å². The minimum Gasteiger partial charge on any atom is -0.436 e. The zero-order valence-electron chi connectivity index (χ0n) is 20.9. The van der Waals surface area contributed by atoms with Crippen LogP contribution >= 0.6 is 0 Å². The van der Waals surface area contributed by atoms with Crippen molar-refractivity contribution in [2.45, 2.75) is 26.9 Å². The predicted octanol–water partition coefficient (Wildman–Crippen LogP) is 7.94. The molecule has 0 aliphatic rings. The Morgan fingerprint density at radius 1 is 0.868 bits per heavy atom. The third-order valence-electron chi connectivity index (χ3n) is 6.23. The molecule has 0 aliphatic heterocycles. The number of nitrogens with two attached hydrogens (primary N) is 1. The zero-order chi connectivity index (χ0) is 27.2. The highest BCUT2D eigenvalue weighted by atomic mass is 19.4. The number of carbonyl (C=O) groups is 1. The average Bonchev–Trinajstić information content (AvgIpc) is 3.27. The molecule has 1 amide bonds. The monoisotopic (exact) mass is 515 g/mol. The first-order chi connectivity index (χ1) is 18.0. The second kappa shape index (κ2) is 9.37. The molecule has 8 heteroatoms. The molecule has 4 aromatic carbocycles. The topological polar surface area (TPSA) is 81.2 Å². The molecule has 1 aromatic heterocycles. The number of aromatic nitrogens is 1. The van der Waals surface area contributed by atoms with Crippen molar-refractivity contribution < 1.29 is 22.4 Å². The Morgan fingerprint density at radius 2 is 1.58 bits per heavy atom.